The summed E-state index contributed by atoms with van der Waals surface area (Å²) in [7, 11) is 0. The molecule has 0 radical (unpaired) electrons. The van der Waals surface area contributed by atoms with Crippen LogP contribution in [0.2, 0.25) is 5.02 Å². The van der Waals surface area contributed by atoms with Gasteiger partial charge in [0.25, 0.3) is 0 Å². The Hall–Kier alpha value is -2.90. The van der Waals surface area contributed by atoms with Gasteiger partial charge in [0.05, 0.1) is 0 Å². The van der Waals surface area contributed by atoms with Crippen LogP contribution in [-0.2, 0) is 16.1 Å². The number of primary amides is 1. The molecule has 148 valence electrons. The standard InChI is InChI=1S/C20H21ClN3O4/c1-13-7-8-16(23-12-14-4-2-5-15(21)10-14)11-17(13)20(27)24(28)18(19(22)26)6-3-9-25/h2,4-5,7-11,18,23H,3,6,12H2,1H3,(H2,22,26)/q-1. The molecule has 0 aliphatic carbocycles. The number of carbonyl (C=O) groups excluding carboxylic acids is 3. The van der Waals surface area contributed by atoms with Crippen molar-refractivity contribution in [3.8, 4) is 0 Å². The third-order valence-corrected chi connectivity index (χ3v) is 4.46. The molecule has 3 N–H and O–H groups in total. The predicted molar refractivity (Wildman–Crippen MR) is 108 cm³/mol. The number of nitrogens with one attached hydrogen (secondary N) is 1. The van der Waals surface area contributed by atoms with Gasteiger partial charge >= 0.3 is 0 Å². The lowest BCUT2D eigenvalue weighted by Crippen LogP contribution is -2.44. The quantitative estimate of drug-likeness (QED) is 0.494. The highest BCUT2D eigenvalue weighted by Crippen LogP contribution is 2.20. The number of hydrogen-bond acceptors (Lipinski definition) is 5. The number of nitrogens with zero attached hydrogens (tertiary/aromatic N) is 1. The lowest BCUT2D eigenvalue weighted by atomic mass is 10.0. The number of hydrogen-bond donors (Lipinski definition) is 2. The monoisotopic (exact) mass is 402 g/mol. The zero-order valence-electron chi connectivity index (χ0n) is 15.4. The highest BCUT2D eigenvalue weighted by Gasteiger charge is 2.23. The third-order valence-electron chi connectivity index (χ3n) is 4.22. The first-order chi connectivity index (χ1) is 13.3. The van der Waals surface area contributed by atoms with E-state index in [1.807, 2.05) is 18.2 Å². The normalized spacial score (nSPS) is 11.5. The number of aldehydes is 1. The minimum atomic E-state index is -1.39. The zero-order valence-corrected chi connectivity index (χ0v) is 16.1. The van der Waals surface area contributed by atoms with Gasteiger partial charge in [0.1, 0.15) is 12.3 Å². The van der Waals surface area contributed by atoms with Crippen molar-refractivity contribution in [3.05, 3.63) is 69.4 Å². The average molecular weight is 403 g/mol. The van der Waals surface area contributed by atoms with Gasteiger partial charge in [-0.15, -0.1) is 0 Å². The van der Waals surface area contributed by atoms with Crippen LogP contribution in [0.5, 0.6) is 0 Å². The molecule has 0 fully saturated rings. The molecule has 28 heavy (non-hydrogen) atoms. The fraction of sp³-hybridized carbons (Fsp3) is 0.250. The average Bonchev–Trinajstić information content (AvgIpc) is 2.66. The fourth-order valence-electron chi connectivity index (χ4n) is 2.67. The molecule has 0 bridgehead atoms. The van der Waals surface area contributed by atoms with Crippen LogP contribution >= 0.6 is 11.6 Å². The van der Waals surface area contributed by atoms with Crippen molar-refractivity contribution in [3.63, 3.8) is 0 Å². The molecule has 0 aromatic heterocycles. The molecule has 2 rings (SSSR count). The summed E-state index contributed by atoms with van der Waals surface area (Å²) in [5, 5.41) is 16.2. The largest absolute Gasteiger partial charge is 0.755 e. The van der Waals surface area contributed by atoms with Gasteiger partial charge in [0, 0.05) is 29.2 Å². The second-order valence-corrected chi connectivity index (χ2v) is 6.74. The number of carbonyl (C=O) groups is 3. The second kappa shape index (κ2) is 9.87. The maximum atomic E-state index is 12.6. The molecule has 1 atom stereocenters. The molecule has 7 nitrogen and oxygen atoms in total. The molecule has 2 amide bonds. The van der Waals surface area contributed by atoms with Gasteiger partial charge in [-0.3, -0.25) is 9.59 Å². The number of halogens is 1. The minimum absolute atomic E-state index is 0.0418. The van der Waals surface area contributed by atoms with Crippen LogP contribution in [-0.4, -0.2) is 29.2 Å². The van der Waals surface area contributed by atoms with Gasteiger partial charge in [0.15, 0.2) is 0 Å². The summed E-state index contributed by atoms with van der Waals surface area (Å²) in [6.07, 6.45) is 0.416. The number of nitrogens with two attached hydrogens (primary N) is 1. The third kappa shape index (κ3) is 5.55. The van der Waals surface area contributed by atoms with Crippen molar-refractivity contribution >= 4 is 35.4 Å². The Balaban J connectivity index is 2.17. The molecule has 2 aromatic rings. The number of hydroxylamine groups is 2. The van der Waals surface area contributed by atoms with E-state index >= 15 is 0 Å². The zero-order chi connectivity index (χ0) is 20.7. The van der Waals surface area contributed by atoms with Crippen LogP contribution in [0.4, 0.5) is 5.69 Å². The number of anilines is 1. The van der Waals surface area contributed by atoms with Crippen LogP contribution < -0.4 is 11.1 Å². The number of aryl methyl sites for hydroxylation is 1. The minimum Gasteiger partial charge on any atom is -0.755 e. The Morgan fingerprint density at radius 1 is 1.29 bits per heavy atom. The maximum absolute atomic E-state index is 12.6. The summed E-state index contributed by atoms with van der Waals surface area (Å²) in [6, 6.07) is 11.0. The first-order valence-corrected chi connectivity index (χ1v) is 9.04. The lowest BCUT2D eigenvalue weighted by Gasteiger charge is -2.35. The molecule has 1 unspecified atom stereocenters. The van der Waals surface area contributed by atoms with Gasteiger partial charge in [-0.05, 0) is 48.7 Å². The smallest absolute Gasteiger partial charge is 0.244 e. The molecular formula is C20H21ClN3O4-. The summed E-state index contributed by atoms with van der Waals surface area (Å²) in [4.78, 5) is 34.7. The first kappa shape index (κ1) is 21.4. The van der Waals surface area contributed by atoms with Crippen molar-refractivity contribution in [2.45, 2.75) is 32.4 Å². The van der Waals surface area contributed by atoms with Gasteiger partial charge in [0.2, 0.25) is 11.8 Å². The number of rotatable bonds is 9. The SMILES string of the molecule is Cc1ccc(NCc2cccc(Cl)c2)cc1C(=O)N([O-])C(CCC=O)C(N)=O. The fourth-order valence-corrected chi connectivity index (χ4v) is 2.89. The Labute approximate surface area is 168 Å². The summed E-state index contributed by atoms with van der Waals surface area (Å²) in [6.45, 7) is 2.16. The van der Waals surface area contributed by atoms with Crippen molar-refractivity contribution < 1.29 is 14.4 Å². The summed E-state index contributed by atoms with van der Waals surface area (Å²) in [5.74, 6) is -1.82. The Kier molecular flexibility index (Phi) is 7.54. The van der Waals surface area contributed by atoms with Crippen molar-refractivity contribution in [1.29, 1.82) is 0 Å². The number of benzene rings is 2. The van der Waals surface area contributed by atoms with E-state index in [0.717, 1.165) is 5.56 Å². The van der Waals surface area contributed by atoms with Gasteiger partial charge in [-0.25, -0.2) is 0 Å². The van der Waals surface area contributed by atoms with Crippen LogP contribution in [0.3, 0.4) is 0 Å². The van der Waals surface area contributed by atoms with Crippen molar-refractivity contribution in [2.24, 2.45) is 5.73 Å². The van der Waals surface area contributed by atoms with Crippen LogP contribution in [0.25, 0.3) is 0 Å². The van der Waals surface area contributed by atoms with Gasteiger partial charge in [-0.2, -0.15) is 0 Å². The highest BCUT2D eigenvalue weighted by atomic mass is 35.5. The molecular weight excluding hydrogens is 382 g/mol. The molecule has 0 heterocycles. The maximum Gasteiger partial charge on any atom is 0.244 e. The van der Waals surface area contributed by atoms with Crippen LogP contribution in [0, 0.1) is 12.1 Å². The van der Waals surface area contributed by atoms with E-state index in [4.69, 9.17) is 17.3 Å². The van der Waals surface area contributed by atoms with E-state index in [0.29, 0.717) is 29.1 Å². The second-order valence-electron chi connectivity index (χ2n) is 6.31. The molecule has 8 heteroatoms. The highest BCUT2D eigenvalue weighted by molar-refractivity contribution is 6.30. The lowest BCUT2D eigenvalue weighted by molar-refractivity contribution is -0.122. The van der Waals surface area contributed by atoms with E-state index in [1.54, 1.807) is 31.2 Å². The Bertz CT molecular complexity index is 872. The van der Waals surface area contributed by atoms with Gasteiger partial charge < -0.3 is 26.1 Å². The van der Waals surface area contributed by atoms with Gasteiger partial charge in [-0.1, -0.05) is 29.8 Å². The van der Waals surface area contributed by atoms with E-state index in [9.17, 15) is 19.6 Å². The van der Waals surface area contributed by atoms with E-state index in [2.05, 4.69) is 5.32 Å². The number of amides is 2. The topological polar surface area (TPSA) is 116 Å². The Morgan fingerprint density at radius 2 is 2.04 bits per heavy atom. The summed E-state index contributed by atoms with van der Waals surface area (Å²) in [5.41, 5.74) is 7.54. The molecule has 2 aromatic carbocycles. The predicted octanol–water partition coefficient (Wildman–Crippen LogP) is 3.03. The van der Waals surface area contributed by atoms with E-state index in [1.165, 1.54) is 0 Å². The Morgan fingerprint density at radius 3 is 2.68 bits per heavy atom. The molecule has 0 saturated heterocycles. The first-order valence-electron chi connectivity index (χ1n) is 8.66. The summed E-state index contributed by atoms with van der Waals surface area (Å²) < 4.78 is 0. The van der Waals surface area contributed by atoms with Crippen molar-refractivity contribution in [1.82, 2.24) is 5.06 Å². The molecule has 0 aliphatic rings. The van der Waals surface area contributed by atoms with Crippen molar-refractivity contribution in [2.75, 3.05) is 5.32 Å². The van der Waals surface area contributed by atoms with Crippen LogP contribution in [0.1, 0.15) is 34.3 Å². The van der Waals surface area contributed by atoms with E-state index < -0.39 is 17.9 Å². The molecule has 0 spiro atoms. The van der Waals surface area contributed by atoms with E-state index in [-0.39, 0.29) is 23.5 Å². The summed E-state index contributed by atoms with van der Waals surface area (Å²) >= 11 is 5.97. The van der Waals surface area contributed by atoms with Crippen LogP contribution in [0.15, 0.2) is 42.5 Å². The molecule has 0 aliphatic heterocycles. The molecule has 0 saturated carbocycles.